The third-order valence-electron chi connectivity index (χ3n) is 2.40. The third kappa shape index (κ3) is 3.54. The number of thioether (sulfide) groups is 1. The normalized spacial score (nSPS) is 17.5. The van der Waals surface area contributed by atoms with Crippen molar-refractivity contribution in [2.45, 2.75) is 11.7 Å². The van der Waals surface area contributed by atoms with E-state index < -0.39 is 28.2 Å². The summed E-state index contributed by atoms with van der Waals surface area (Å²) in [5.74, 6) is -1.56. The van der Waals surface area contributed by atoms with Crippen molar-refractivity contribution >= 4 is 34.7 Å². The second-order valence-corrected chi connectivity index (χ2v) is 5.00. The number of carbonyl (C=O) groups is 4. The molecule has 0 bridgehead atoms. The van der Waals surface area contributed by atoms with E-state index in [-0.39, 0.29) is 6.42 Å². The van der Waals surface area contributed by atoms with Crippen LogP contribution in [0.1, 0.15) is 16.8 Å². The predicted octanol–water partition coefficient (Wildman–Crippen LogP) is -0.416. The van der Waals surface area contributed by atoms with Gasteiger partial charge in [-0.15, -0.1) is 0 Å². The fourth-order valence-electron chi connectivity index (χ4n) is 1.45. The highest BCUT2D eigenvalue weighted by Crippen LogP contribution is 2.21. The van der Waals surface area contributed by atoms with Gasteiger partial charge in [0.2, 0.25) is 11.8 Å². The van der Waals surface area contributed by atoms with Crippen LogP contribution in [0.25, 0.3) is 0 Å². The topological polar surface area (TPSA) is 117 Å². The van der Waals surface area contributed by atoms with Crippen LogP contribution < -0.4 is 16.2 Å². The largest absolute Gasteiger partial charge is 0.286 e. The maximum atomic E-state index is 11.6. The minimum absolute atomic E-state index is 0.196. The Kier molecular flexibility index (Phi) is 4.31. The van der Waals surface area contributed by atoms with Gasteiger partial charge in [-0.25, -0.2) is 0 Å². The van der Waals surface area contributed by atoms with Gasteiger partial charge in [-0.2, -0.15) is 0 Å². The Labute approximate surface area is 117 Å². The van der Waals surface area contributed by atoms with E-state index in [4.69, 9.17) is 0 Å². The summed E-state index contributed by atoms with van der Waals surface area (Å²) in [6, 6.07) is 2.97. The predicted molar refractivity (Wildman–Crippen MR) is 69.4 cm³/mol. The first kappa shape index (κ1) is 14.0. The van der Waals surface area contributed by atoms with Gasteiger partial charge in [0.1, 0.15) is 5.25 Å². The van der Waals surface area contributed by atoms with Gasteiger partial charge in [-0.3, -0.25) is 40.3 Å². The maximum Gasteiger partial charge on any atom is 0.286 e. The summed E-state index contributed by atoms with van der Waals surface area (Å²) in [7, 11) is 0. The molecule has 0 saturated carbocycles. The fourth-order valence-corrected chi connectivity index (χ4v) is 2.27. The highest BCUT2D eigenvalue weighted by molar-refractivity contribution is 8.15. The van der Waals surface area contributed by atoms with E-state index in [1.165, 1.54) is 24.5 Å². The van der Waals surface area contributed by atoms with Crippen LogP contribution in [0.4, 0.5) is 4.79 Å². The van der Waals surface area contributed by atoms with E-state index in [2.05, 4.69) is 21.2 Å². The van der Waals surface area contributed by atoms with E-state index in [1.54, 1.807) is 0 Å². The van der Waals surface area contributed by atoms with Crippen molar-refractivity contribution in [2.24, 2.45) is 0 Å². The molecule has 2 heterocycles. The molecule has 20 heavy (non-hydrogen) atoms. The zero-order chi connectivity index (χ0) is 14.5. The van der Waals surface area contributed by atoms with E-state index in [0.717, 1.165) is 11.8 Å². The lowest BCUT2D eigenvalue weighted by Crippen LogP contribution is -2.43. The van der Waals surface area contributed by atoms with Crippen LogP contribution in [0.15, 0.2) is 24.5 Å². The summed E-state index contributed by atoms with van der Waals surface area (Å²) >= 11 is 0.751. The number of imide groups is 1. The Hall–Kier alpha value is -2.42. The van der Waals surface area contributed by atoms with Crippen molar-refractivity contribution in [3.8, 4) is 0 Å². The van der Waals surface area contributed by atoms with Gasteiger partial charge in [-0.1, -0.05) is 11.8 Å². The van der Waals surface area contributed by atoms with E-state index in [0.29, 0.717) is 5.56 Å². The molecule has 4 amide bonds. The van der Waals surface area contributed by atoms with E-state index in [1.807, 2.05) is 0 Å². The zero-order valence-electron chi connectivity index (χ0n) is 10.1. The molecule has 1 saturated heterocycles. The number of hydrogen-bond acceptors (Lipinski definition) is 6. The van der Waals surface area contributed by atoms with Crippen molar-refractivity contribution in [3.63, 3.8) is 0 Å². The van der Waals surface area contributed by atoms with Gasteiger partial charge in [0.15, 0.2) is 0 Å². The molecule has 2 rings (SSSR count). The lowest BCUT2D eigenvalue weighted by molar-refractivity contribution is -0.125. The number of hydrogen-bond donors (Lipinski definition) is 3. The average molecular weight is 294 g/mol. The molecule has 1 aromatic heterocycles. The molecule has 0 radical (unpaired) electrons. The van der Waals surface area contributed by atoms with Gasteiger partial charge in [0.25, 0.3) is 11.1 Å². The first-order valence-electron chi connectivity index (χ1n) is 5.57. The standard InChI is InChI=1S/C11H10N4O4S/c16-8(5-7-10(18)13-11(19)20-7)14-15-9(17)6-1-3-12-4-2-6/h1-4,7H,5H2,(H,14,16)(H,15,17)(H,13,18,19). The van der Waals surface area contributed by atoms with Gasteiger partial charge in [0, 0.05) is 24.4 Å². The number of nitrogens with one attached hydrogen (secondary N) is 3. The molecule has 1 fully saturated rings. The highest BCUT2D eigenvalue weighted by atomic mass is 32.2. The molecule has 1 unspecified atom stereocenters. The number of aromatic nitrogens is 1. The Bertz CT molecular complexity index is 563. The van der Waals surface area contributed by atoms with Crippen LogP contribution >= 0.6 is 11.8 Å². The molecule has 1 aliphatic heterocycles. The minimum Gasteiger partial charge on any atom is -0.286 e. The number of hydrazine groups is 1. The first-order chi connectivity index (χ1) is 9.56. The second-order valence-electron chi connectivity index (χ2n) is 3.83. The second kappa shape index (κ2) is 6.15. The van der Waals surface area contributed by atoms with Crippen LogP contribution in [0.2, 0.25) is 0 Å². The number of carbonyl (C=O) groups excluding carboxylic acids is 4. The summed E-state index contributed by atoms with van der Waals surface area (Å²) in [5.41, 5.74) is 4.72. The Morgan fingerprint density at radius 1 is 1.25 bits per heavy atom. The fraction of sp³-hybridized carbons (Fsp3) is 0.182. The van der Waals surface area contributed by atoms with Crippen molar-refractivity contribution in [2.75, 3.05) is 0 Å². The molecule has 1 aromatic rings. The van der Waals surface area contributed by atoms with Crippen LogP contribution in [0.3, 0.4) is 0 Å². The summed E-state index contributed by atoms with van der Waals surface area (Å²) in [6.07, 6.45) is 2.70. The van der Waals surface area contributed by atoms with Gasteiger partial charge in [0.05, 0.1) is 0 Å². The Balaban J connectivity index is 1.80. The summed E-state index contributed by atoms with van der Waals surface area (Å²) in [4.78, 5) is 49.1. The number of amides is 4. The van der Waals surface area contributed by atoms with Crippen LogP contribution in [-0.4, -0.2) is 33.2 Å². The summed E-state index contributed by atoms with van der Waals surface area (Å²) in [5, 5.41) is 0.832. The van der Waals surface area contributed by atoms with Gasteiger partial charge in [-0.05, 0) is 12.1 Å². The maximum absolute atomic E-state index is 11.6. The summed E-state index contributed by atoms with van der Waals surface area (Å²) < 4.78 is 0. The van der Waals surface area contributed by atoms with E-state index in [9.17, 15) is 19.2 Å². The first-order valence-corrected chi connectivity index (χ1v) is 6.45. The Morgan fingerprint density at radius 3 is 2.55 bits per heavy atom. The number of rotatable bonds is 3. The molecule has 1 aliphatic rings. The lowest BCUT2D eigenvalue weighted by atomic mass is 10.2. The zero-order valence-corrected chi connectivity index (χ0v) is 10.9. The summed E-state index contributed by atoms with van der Waals surface area (Å²) in [6.45, 7) is 0. The minimum atomic E-state index is -0.764. The molecule has 9 heteroatoms. The highest BCUT2D eigenvalue weighted by Gasteiger charge is 2.33. The lowest BCUT2D eigenvalue weighted by Gasteiger charge is -2.08. The van der Waals surface area contributed by atoms with Crippen molar-refractivity contribution in [1.82, 2.24) is 21.2 Å². The molecule has 1 atom stereocenters. The molecule has 0 aromatic carbocycles. The third-order valence-corrected chi connectivity index (χ3v) is 3.38. The molecular formula is C11H10N4O4S. The smallest absolute Gasteiger partial charge is 0.286 e. The SMILES string of the molecule is O=C(CC1SC(=O)NC1=O)NNC(=O)c1ccncc1. The van der Waals surface area contributed by atoms with Crippen molar-refractivity contribution in [3.05, 3.63) is 30.1 Å². The average Bonchev–Trinajstić information content (AvgIpc) is 2.75. The molecule has 3 N–H and O–H groups in total. The molecule has 0 aliphatic carbocycles. The quantitative estimate of drug-likeness (QED) is 0.652. The van der Waals surface area contributed by atoms with Gasteiger partial charge >= 0.3 is 0 Å². The molecular weight excluding hydrogens is 284 g/mol. The molecule has 104 valence electrons. The van der Waals surface area contributed by atoms with Crippen molar-refractivity contribution < 1.29 is 19.2 Å². The van der Waals surface area contributed by atoms with Crippen LogP contribution in [-0.2, 0) is 9.59 Å². The van der Waals surface area contributed by atoms with Crippen LogP contribution in [0.5, 0.6) is 0 Å². The van der Waals surface area contributed by atoms with Gasteiger partial charge < -0.3 is 0 Å². The monoisotopic (exact) mass is 294 g/mol. The van der Waals surface area contributed by atoms with Crippen LogP contribution in [0, 0.1) is 0 Å². The Morgan fingerprint density at radius 2 is 1.95 bits per heavy atom. The van der Waals surface area contributed by atoms with Crippen molar-refractivity contribution in [1.29, 1.82) is 0 Å². The molecule has 8 nitrogen and oxygen atoms in total. The molecule has 0 spiro atoms. The number of nitrogens with zero attached hydrogens (tertiary/aromatic N) is 1. The number of pyridine rings is 1. The van der Waals surface area contributed by atoms with E-state index >= 15 is 0 Å².